The highest BCUT2D eigenvalue weighted by Gasteiger charge is 2.16. The van der Waals surface area contributed by atoms with Gasteiger partial charge in [-0.25, -0.2) is 4.39 Å². The quantitative estimate of drug-likeness (QED) is 0.612. The maximum Gasteiger partial charge on any atom is 0.123 e. The number of benzene rings is 1. The van der Waals surface area contributed by atoms with Crippen LogP contribution in [-0.4, -0.2) is 0 Å². The van der Waals surface area contributed by atoms with Crippen LogP contribution in [0.5, 0.6) is 0 Å². The predicted molar refractivity (Wildman–Crippen MR) is 54.9 cm³/mol. The standard InChI is InChI=1S/C12H15F/c1-9(12(2,3)4)10-6-5-7-11(13)8-10/h5-8H,1H2,2-4H3. The van der Waals surface area contributed by atoms with Crippen molar-refractivity contribution in [1.29, 1.82) is 0 Å². The van der Waals surface area contributed by atoms with E-state index in [9.17, 15) is 4.39 Å². The van der Waals surface area contributed by atoms with Crippen molar-refractivity contribution in [2.45, 2.75) is 20.8 Å². The third-order valence-corrected chi connectivity index (χ3v) is 2.08. The van der Waals surface area contributed by atoms with Crippen molar-refractivity contribution in [3.05, 3.63) is 42.2 Å². The maximum atomic E-state index is 12.9. The number of hydrogen-bond acceptors (Lipinski definition) is 0. The summed E-state index contributed by atoms with van der Waals surface area (Å²) in [5.41, 5.74) is 1.84. The van der Waals surface area contributed by atoms with Crippen LogP contribution in [0.25, 0.3) is 5.57 Å². The first-order valence-electron chi connectivity index (χ1n) is 4.36. The molecule has 0 radical (unpaired) electrons. The molecule has 13 heavy (non-hydrogen) atoms. The molecule has 1 rings (SSSR count). The van der Waals surface area contributed by atoms with Gasteiger partial charge in [0.25, 0.3) is 0 Å². The van der Waals surface area contributed by atoms with Crippen LogP contribution in [0.4, 0.5) is 4.39 Å². The normalized spacial score (nSPS) is 11.4. The van der Waals surface area contributed by atoms with Crippen molar-refractivity contribution in [1.82, 2.24) is 0 Å². The number of allylic oxidation sites excluding steroid dienone is 1. The SMILES string of the molecule is C=C(c1cccc(F)c1)C(C)(C)C. The lowest BCUT2D eigenvalue weighted by Crippen LogP contribution is -2.07. The summed E-state index contributed by atoms with van der Waals surface area (Å²) in [6.07, 6.45) is 0. The van der Waals surface area contributed by atoms with Crippen LogP contribution in [0, 0.1) is 11.2 Å². The molecule has 0 saturated heterocycles. The van der Waals surface area contributed by atoms with E-state index >= 15 is 0 Å². The second-order valence-corrected chi connectivity index (χ2v) is 4.24. The van der Waals surface area contributed by atoms with Gasteiger partial charge < -0.3 is 0 Å². The minimum Gasteiger partial charge on any atom is -0.207 e. The van der Waals surface area contributed by atoms with Gasteiger partial charge in [-0.2, -0.15) is 0 Å². The first kappa shape index (κ1) is 9.97. The Bertz CT molecular complexity index is 318. The fourth-order valence-corrected chi connectivity index (χ4v) is 1.11. The molecule has 1 aromatic carbocycles. The fourth-order valence-electron chi connectivity index (χ4n) is 1.11. The van der Waals surface area contributed by atoms with Crippen molar-refractivity contribution in [2.24, 2.45) is 5.41 Å². The van der Waals surface area contributed by atoms with E-state index in [0.717, 1.165) is 11.1 Å². The zero-order chi connectivity index (χ0) is 10.1. The minimum atomic E-state index is -0.206. The van der Waals surface area contributed by atoms with E-state index < -0.39 is 0 Å². The molecule has 0 unspecified atom stereocenters. The molecule has 0 spiro atoms. The van der Waals surface area contributed by atoms with Gasteiger partial charge in [-0.1, -0.05) is 39.5 Å². The smallest absolute Gasteiger partial charge is 0.123 e. The van der Waals surface area contributed by atoms with E-state index in [0.29, 0.717) is 0 Å². The summed E-state index contributed by atoms with van der Waals surface area (Å²) in [4.78, 5) is 0. The zero-order valence-electron chi connectivity index (χ0n) is 8.39. The van der Waals surface area contributed by atoms with Crippen LogP contribution >= 0.6 is 0 Å². The molecule has 0 saturated carbocycles. The van der Waals surface area contributed by atoms with Gasteiger partial charge in [0, 0.05) is 0 Å². The van der Waals surface area contributed by atoms with E-state index in [2.05, 4.69) is 27.4 Å². The molecule has 0 aliphatic rings. The zero-order valence-corrected chi connectivity index (χ0v) is 8.39. The van der Waals surface area contributed by atoms with Crippen LogP contribution in [-0.2, 0) is 0 Å². The summed E-state index contributed by atoms with van der Waals surface area (Å²) in [5, 5.41) is 0. The van der Waals surface area contributed by atoms with Crippen LogP contribution in [0.1, 0.15) is 26.3 Å². The highest BCUT2D eigenvalue weighted by molar-refractivity contribution is 5.67. The minimum absolute atomic E-state index is 0.00616. The highest BCUT2D eigenvalue weighted by Crippen LogP contribution is 2.32. The average Bonchev–Trinajstić information content (AvgIpc) is 2.01. The predicted octanol–water partition coefficient (Wildman–Crippen LogP) is 3.89. The molecule has 0 amide bonds. The van der Waals surface area contributed by atoms with Crippen molar-refractivity contribution < 1.29 is 4.39 Å². The second-order valence-electron chi connectivity index (χ2n) is 4.24. The molecule has 0 atom stereocenters. The van der Waals surface area contributed by atoms with Gasteiger partial charge in [0.15, 0.2) is 0 Å². The molecule has 1 heteroatoms. The number of rotatable bonds is 1. The van der Waals surface area contributed by atoms with Gasteiger partial charge in [-0.05, 0) is 28.7 Å². The van der Waals surface area contributed by atoms with Crippen molar-refractivity contribution in [2.75, 3.05) is 0 Å². The van der Waals surface area contributed by atoms with E-state index in [1.54, 1.807) is 6.07 Å². The molecule has 0 N–H and O–H groups in total. The largest absolute Gasteiger partial charge is 0.207 e. The Morgan fingerprint density at radius 3 is 2.38 bits per heavy atom. The second kappa shape index (κ2) is 3.33. The summed E-state index contributed by atoms with van der Waals surface area (Å²) in [5.74, 6) is -0.206. The van der Waals surface area contributed by atoms with Crippen LogP contribution in [0.15, 0.2) is 30.8 Å². The third kappa shape index (κ3) is 2.41. The maximum absolute atomic E-state index is 12.9. The Morgan fingerprint density at radius 2 is 1.92 bits per heavy atom. The average molecular weight is 178 g/mol. The Labute approximate surface area is 79.1 Å². The summed E-state index contributed by atoms with van der Waals surface area (Å²) in [6, 6.07) is 6.56. The van der Waals surface area contributed by atoms with E-state index in [4.69, 9.17) is 0 Å². The van der Waals surface area contributed by atoms with Gasteiger partial charge >= 0.3 is 0 Å². The molecular formula is C12H15F. The van der Waals surface area contributed by atoms with Gasteiger partial charge in [-0.15, -0.1) is 0 Å². The topological polar surface area (TPSA) is 0 Å². The van der Waals surface area contributed by atoms with Crippen LogP contribution in [0.2, 0.25) is 0 Å². The molecule has 0 aromatic heterocycles. The third-order valence-electron chi connectivity index (χ3n) is 2.08. The summed E-state index contributed by atoms with van der Waals surface area (Å²) in [7, 11) is 0. The fraction of sp³-hybridized carbons (Fsp3) is 0.333. The molecule has 1 aromatic rings. The lowest BCUT2D eigenvalue weighted by molar-refractivity contribution is 0.566. The molecule has 0 bridgehead atoms. The van der Waals surface area contributed by atoms with Crippen LogP contribution in [0.3, 0.4) is 0 Å². The lowest BCUT2D eigenvalue weighted by Gasteiger charge is -2.21. The lowest BCUT2D eigenvalue weighted by atomic mass is 9.83. The number of hydrogen-bond donors (Lipinski definition) is 0. The van der Waals surface area contributed by atoms with E-state index in [1.165, 1.54) is 12.1 Å². The molecular weight excluding hydrogens is 163 g/mol. The first-order valence-corrected chi connectivity index (χ1v) is 4.36. The van der Waals surface area contributed by atoms with E-state index in [1.807, 2.05) is 6.07 Å². The Kier molecular flexibility index (Phi) is 2.55. The van der Waals surface area contributed by atoms with Crippen molar-refractivity contribution >= 4 is 5.57 Å². The Balaban J connectivity index is 3.03. The Morgan fingerprint density at radius 1 is 1.31 bits per heavy atom. The van der Waals surface area contributed by atoms with Gasteiger partial charge in [0.1, 0.15) is 5.82 Å². The van der Waals surface area contributed by atoms with E-state index in [-0.39, 0.29) is 11.2 Å². The summed E-state index contributed by atoms with van der Waals surface area (Å²) < 4.78 is 12.9. The molecule has 0 nitrogen and oxygen atoms in total. The summed E-state index contributed by atoms with van der Waals surface area (Å²) in [6.45, 7) is 10.2. The first-order chi connectivity index (χ1) is 5.91. The monoisotopic (exact) mass is 178 g/mol. The van der Waals surface area contributed by atoms with Crippen molar-refractivity contribution in [3.8, 4) is 0 Å². The summed E-state index contributed by atoms with van der Waals surface area (Å²) >= 11 is 0. The van der Waals surface area contributed by atoms with Gasteiger partial charge in [0.2, 0.25) is 0 Å². The van der Waals surface area contributed by atoms with Gasteiger partial charge in [0.05, 0.1) is 0 Å². The number of halogens is 1. The Hall–Kier alpha value is -1.11. The molecule has 70 valence electrons. The van der Waals surface area contributed by atoms with Gasteiger partial charge in [-0.3, -0.25) is 0 Å². The van der Waals surface area contributed by atoms with Crippen molar-refractivity contribution in [3.63, 3.8) is 0 Å². The molecule has 0 fully saturated rings. The van der Waals surface area contributed by atoms with Crippen LogP contribution < -0.4 is 0 Å². The molecule has 0 aliphatic heterocycles. The molecule has 0 aliphatic carbocycles. The highest BCUT2D eigenvalue weighted by atomic mass is 19.1. The molecule has 0 heterocycles.